The summed E-state index contributed by atoms with van der Waals surface area (Å²) in [7, 11) is -4.06. The molecule has 1 heterocycles. The molecular formula is C6H9N5O5S2. The second-order valence-electron chi connectivity index (χ2n) is 2.90. The standard InChI is InChI=1S/C6H9N5O5S2/c1-3(12)8-5-9-10-6(17-5)18(14,15)11-16-2-4(7)13/h11H,2H2,1H3,(H2,7,13)(H,8,9,12). The zero-order chi connectivity index (χ0) is 13.8. The minimum absolute atomic E-state index is 0.0257. The fourth-order valence-electron chi connectivity index (χ4n) is 0.733. The van der Waals surface area contributed by atoms with Gasteiger partial charge in [-0.15, -0.1) is 10.2 Å². The third-order valence-electron chi connectivity index (χ3n) is 1.30. The van der Waals surface area contributed by atoms with Crippen LogP contribution < -0.4 is 15.9 Å². The van der Waals surface area contributed by atoms with Crippen molar-refractivity contribution in [2.45, 2.75) is 11.3 Å². The van der Waals surface area contributed by atoms with E-state index in [0.717, 1.165) is 0 Å². The second-order valence-corrected chi connectivity index (χ2v) is 5.69. The van der Waals surface area contributed by atoms with Crippen LogP contribution in [0.25, 0.3) is 0 Å². The van der Waals surface area contributed by atoms with Crippen molar-refractivity contribution in [1.82, 2.24) is 15.1 Å². The Morgan fingerprint density at radius 3 is 2.67 bits per heavy atom. The number of nitrogens with one attached hydrogen (secondary N) is 2. The van der Waals surface area contributed by atoms with E-state index >= 15 is 0 Å². The highest BCUT2D eigenvalue weighted by atomic mass is 32.2. The van der Waals surface area contributed by atoms with Crippen LogP contribution in [0.3, 0.4) is 0 Å². The van der Waals surface area contributed by atoms with E-state index in [1.54, 1.807) is 4.89 Å². The van der Waals surface area contributed by atoms with Gasteiger partial charge in [-0.3, -0.25) is 14.4 Å². The molecule has 0 saturated heterocycles. The molecule has 1 aromatic heterocycles. The number of primary amides is 1. The maximum atomic E-state index is 11.5. The van der Waals surface area contributed by atoms with Crippen molar-refractivity contribution >= 4 is 38.3 Å². The van der Waals surface area contributed by atoms with Crippen molar-refractivity contribution in [1.29, 1.82) is 0 Å². The third kappa shape index (κ3) is 4.33. The van der Waals surface area contributed by atoms with Crippen LogP contribution in [-0.4, -0.2) is 37.0 Å². The first-order valence-corrected chi connectivity index (χ1v) is 6.64. The molecule has 0 bridgehead atoms. The van der Waals surface area contributed by atoms with E-state index in [9.17, 15) is 18.0 Å². The molecule has 1 aromatic rings. The summed E-state index contributed by atoms with van der Waals surface area (Å²) in [5, 5.41) is 9.08. The molecule has 0 aliphatic rings. The number of sulfonamides is 1. The maximum Gasteiger partial charge on any atom is 0.291 e. The van der Waals surface area contributed by atoms with Gasteiger partial charge in [0.05, 0.1) is 0 Å². The molecule has 0 aliphatic heterocycles. The lowest BCUT2D eigenvalue weighted by Gasteiger charge is -2.01. The largest absolute Gasteiger partial charge is 0.368 e. The van der Waals surface area contributed by atoms with Crippen LogP contribution in [0.15, 0.2) is 4.34 Å². The predicted molar refractivity (Wildman–Crippen MR) is 59.7 cm³/mol. The van der Waals surface area contributed by atoms with Gasteiger partial charge < -0.3 is 11.1 Å². The first-order chi connectivity index (χ1) is 8.31. The van der Waals surface area contributed by atoms with Crippen molar-refractivity contribution in [3.05, 3.63) is 0 Å². The van der Waals surface area contributed by atoms with E-state index in [0.29, 0.717) is 11.3 Å². The molecule has 0 atom stereocenters. The summed E-state index contributed by atoms with van der Waals surface area (Å²) in [4.78, 5) is 27.0. The van der Waals surface area contributed by atoms with Crippen LogP contribution in [0.4, 0.5) is 5.13 Å². The number of carbonyl (C=O) groups excluding carboxylic acids is 2. The monoisotopic (exact) mass is 295 g/mol. The minimum Gasteiger partial charge on any atom is -0.368 e. The van der Waals surface area contributed by atoms with Crippen molar-refractivity contribution < 1.29 is 22.8 Å². The molecule has 0 aliphatic carbocycles. The van der Waals surface area contributed by atoms with Crippen molar-refractivity contribution in [3.63, 3.8) is 0 Å². The van der Waals surface area contributed by atoms with Gasteiger partial charge in [-0.1, -0.05) is 16.2 Å². The number of nitrogens with two attached hydrogens (primary N) is 1. The lowest BCUT2D eigenvalue weighted by atomic mass is 10.7. The summed E-state index contributed by atoms with van der Waals surface area (Å²) in [5.41, 5.74) is 4.75. The Bertz CT molecular complexity index is 552. The Balaban J connectivity index is 2.70. The Kier molecular flexibility index (Phi) is 4.66. The lowest BCUT2D eigenvalue weighted by Crippen LogP contribution is -2.29. The summed E-state index contributed by atoms with van der Waals surface area (Å²) in [6, 6.07) is 0. The van der Waals surface area contributed by atoms with E-state index in [-0.39, 0.29) is 5.13 Å². The molecule has 0 spiro atoms. The van der Waals surface area contributed by atoms with E-state index in [1.807, 2.05) is 0 Å². The van der Waals surface area contributed by atoms with Crippen LogP contribution in [0.2, 0.25) is 0 Å². The number of nitrogens with zero attached hydrogens (tertiary/aromatic N) is 2. The Morgan fingerprint density at radius 2 is 2.11 bits per heavy atom. The van der Waals surface area contributed by atoms with Gasteiger partial charge in [-0.25, -0.2) is 8.42 Å². The third-order valence-corrected chi connectivity index (χ3v) is 3.72. The molecule has 0 saturated carbocycles. The zero-order valence-corrected chi connectivity index (χ0v) is 10.7. The topological polar surface area (TPSA) is 153 Å². The fraction of sp³-hybridized carbons (Fsp3) is 0.333. The molecular weight excluding hydrogens is 286 g/mol. The SMILES string of the molecule is CC(=O)Nc1nnc(S(=O)(=O)NOCC(N)=O)s1. The fourth-order valence-corrected chi connectivity index (χ4v) is 2.47. The van der Waals surface area contributed by atoms with Crippen molar-refractivity contribution in [2.75, 3.05) is 11.9 Å². The van der Waals surface area contributed by atoms with E-state index in [1.165, 1.54) is 6.92 Å². The molecule has 18 heavy (non-hydrogen) atoms. The predicted octanol–water partition coefficient (Wildman–Crippen LogP) is -1.81. The van der Waals surface area contributed by atoms with E-state index in [4.69, 9.17) is 5.73 Å². The van der Waals surface area contributed by atoms with Gasteiger partial charge in [0.25, 0.3) is 14.4 Å². The average molecular weight is 295 g/mol. The first kappa shape index (κ1) is 14.4. The Labute approximate surface area is 106 Å². The van der Waals surface area contributed by atoms with Gasteiger partial charge >= 0.3 is 0 Å². The van der Waals surface area contributed by atoms with Gasteiger partial charge in [-0.05, 0) is 0 Å². The maximum absolute atomic E-state index is 11.5. The molecule has 10 nitrogen and oxygen atoms in total. The number of carbonyl (C=O) groups is 2. The molecule has 2 amide bonds. The minimum atomic E-state index is -4.06. The molecule has 100 valence electrons. The van der Waals surface area contributed by atoms with Crippen LogP contribution in [0.5, 0.6) is 0 Å². The zero-order valence-electron chi connectivity index (χ0n) is 9.04. The summed E-state index contributed by atoms with van der Waals surface area (Å²) < 4.78 is 22.6. The molecule has 12 heteroatoms. The summed E-state index contributed by atoms with van der Waals surface area (Å²) in [6.07, 6.45) is 0. The smallest absolute Gasteiger partial charge is 0.291 e. The number of hydrogen-bond donors (Lipinski definition) is 3. The highest BCUT2D eigenvalue weighted by Gasteiger charge is 2.21. The first-order valence-electron chi connectivity index (χ1n) is 4.34. The molecule has 0 radical (unpaired) electrons. The highest BCUT2D eigenvalue weighted by Crippen LogP contribution is 2.19. The number of rotatable bonds is 6. The van der Waals surface area contributed by atoms with Gasteiger partial charge in [0.15, 0.2) is 0 Å². The van der Waals surface area contributed by atoms with E-state index < -0.39 is 32.8 Å². The quantitative estimate of drug-likeness (QED) is 0.413. The average Bonchev–Trinajstić information content (AvgIpc) is 2.64. The van der Waals surface area contributed by atoms with Crippen LogP contribution in [-0.2, 0) is 24.4 Å². The molecule has 0 fully saturated rings. The summed E-state index contributed by atoms with van der Waals surface area (Å²) >= 11 is 0.626. The van der Waals surface area contributed by atoms with Gasteiger partial charge in [0.1, 0.15) is 6.61 Å². The molecule has 0 unspecified atom stereocenters. The van der Waals surface area contributed by atoms with Crippen molar-refractivity contribution in [2.24, 2.45) is 5.73 Å². The van der Waals surface area contributed by atoms with Crippen LogP contribution >= 0.6 is 11.3 Å². The number of amides is 2. The number of anilines is 1. The Morgan fingerprint density at radius 1 is 1.44 bits per heavy atom. The van der Waals surface area contributed by atoms with Gasteiger partial charge in [-0.2, -0.15) is 0 Å². The second kappa shape index (κ2) is 5.81. The van der Waals surface area contributed by atoms with Gasteiger partial charge in [0, 0.05) is 6.92 Å². The van der Waals surface area contributed by atoms with Gasteiger partial charge in [0.2, 0.25) is 16.9 Å². The molecule has 0 aromatic carbocycles. The summed E-state index contributed by atoms with van der Waals surface area (Å²) in [6.45, 7) is 0.625. The van der Waals surface area contributed by atoms with E-state index in [2.05, 4.69) is 20.4 Å². The molecule has 1 rings (SSSR count). The molecule has 4 N–H and O–H groups in total. The normalized spacial score (nSPS) is 11.2. The Hall–Kier alpha value is -1.63. The summed E-state index contributed by atoms with van der Waals surface area (Å²) in [5.74, 6) is -1.25. The number of aromatic nitrogens is 2. The van der Waals surface area contributed by atoms with Crippen molar-refractivity contribution in [3.8, 4) is 0 Å². The highest BCUT2D eigenvalue weighted by molar-refractivity contribution is 7.91. The lowest BCUT2D eigenvalue weighted by molar-refractivity contribution is -0.123. The van der Waals surface area contributed by atoms with Crippen LogP contribution in [0.1, 0.15) is 6.92 Å². The number of hydrogen-bond acceptors (Lipinski definition) is 8. The van der Waals surface area contributed by atoms with Crippen LogP contribution in [0, 0.1) is 0 Å².